The van der Waals surface area contributed by atoms with E-state index in [9.17, 15) is 14.0 Å². The first-order chi connectivity index (χ1) is 14.5. The predicted molar refractivity (Wildman–Crippen MR) is 109 cm³/mol. The van der Waals surface area contributed by atoms with Crippen molar-refractivity contribution < 1.29 is 28.2 Å². The van der Waals surface area contributed by atoms with Gasteiger partial charge in [0.2, 0.25) is 6.10 Å². The number of hydrogen-bond donors (Lipinski definition) is 1. The van der Waals surface area contributed by atoms with Crippen molar-refractivity contribution in [2.45, 2.75) is 6.10 Å². The molecule has 0 aliphatic carbocycles. The van der Waals surface area contributed by atoms with Crippen LogP contribution in [0.1, 0.15) is 11.7 Å². The molecular formula is C23H20FNO5. The number of carbonyl (C=O) groups is 2. The molecule has 0 heterocycles. The molecule has 0 aromatic heterocycles. The maximum Gasteiger partial charge on any atom is 0.345 e. The minimum Gasteiger partial charge on any atom is -0.497 e. The minimum absolute atomic E-state index is 0.311. The lowest BCUT2D eigenvalue weighted by atomic mass is 10.1. The van der Waals surface area contributed by atoms with Gasteiger partial charge < -0.3 is 19.5 Å². The summed E-state index contributed by atoms with van der Waals surface area (Å²) in [6, 6.07) is 20.7. The van der Waals surface area contributed by atoms with Crippen molar-refractivity contribution in [1.82, 2.24) is 0 Å². The van der Waals surface area contributed by atoms with Gasteiger partial charge >= 0.3 is 5.97 Å². The molecular weight excluding hydrogens is 389 g/mol. The zero-order valence-electron chi connectivity index (χ0n) is 16.2. The van der Waals surface area contributed by atoms with Gasteiger partial charge in [-0.2, -0.15) is 0 Å². The summed E-state index contributed by atoms with van der Waals surface area (Å²) < 4.78 is 28.8. The van der Waals surface area contributed by atoms with Gasteiger partial charge in [0.25, 0.3) is 5.91 Å². The van der Waals surface area contributed by atoms with Gasteiger partial charge in [0.05, 0.1) is 7.11 Å². The average Bonchev–Trinajstić information content (AvgIpc) is 2.77. The number of esters is 1. The number of methoxy groups -OCH3 is 1. The van der Waals surface area contributed by atoms with Gasteiger partial charge in [-0.1, -0.05) is 36.4 Å². The Morgan fingerprint density at radius 1 is 0.933 bits per heavy atom. The van der Waals surface area contributed by atoms with Crippen LogP contribution >= 0.6 is 0 Å². The molecule has 0 saturated carbocycles. The van der Waals surface area contributed by atoms with Gasteiger partial charge in [0.1, 0.15) is 17.3 Å². The number of benzene rings is 3. The van der Waals surface area contributed by atoms with Crippen LogP contribution in [-0.4, -0.2) is 25.6 Å². The van der Waals surface area contributed by atoms with Crippen LogP contribution in [0.25, 0.3) is 0 Å². The summed E-state index contributed by atoms with van der Waals surface area (Å²) >= 11 is 0. The highest BCUT2D eigenvalue weighted by atomic mass is 19.1. The van der Waals surface area contributed by atoms with E-state index in [1.54, 1.807) is 54.6 Å². The molecule has 3 rings (SSSR count). The number of carbonyl (C=O) groups excluding carboxylic acids is 2. The lowest BCUT2D eigenvalue weighted by Gasteiger charge is -2.18. The molecule has 0 bridgehead atoms. The van der Waals surface area contributed by atoms with Gasteiger partial charge in [-0.15, -0.1) is 0 Å². The lowest BCUT2D eigenvalue weighted by molar-refractivity contribution is -0.156. The van der Waals surface area contributed by atoms with Crippen LogP contribution in [0.3, 0.4) is 0 Å². The molecule has 0 aliphatic heterocycles. The number of hydrogen-bond acceptors (Lipinski definition) is 5. The molecule has 0 fully saturated rings. The van der Waals surface area contributed by atoms with Crippen molar-refractivity contribution in [1.29, 1.82) is 0 Å². The Labute approximate surface area is 173 Å². The Morgan fingerprint density at radius 3 is 2.37 bits per heavy atom. The molecule has 3 aromatic carbocycles. The summed E-state index contributed by atoms with van der Waals surface area (Å²) in [7, 11) is 1.52. The van der Waals surface area contributed by atoms with Crippen LogP contribution in [0.15, 0.2) is 78.9 Å². The second-order valence-electron chi connectivity index (χ2n) is 6.24. The highest BCUT2D eigenvalue weighted by Gasteiger charge is 2.25. The van der Waals surface area contributed by atoms with Gasteiger partial charge in [0, 0.05) is 17.3 Å². The zero-order valence-corrected chi connectivity index (χ0v) is 16.2. The first kappa shape index (κ1) is 20.9. The Bertz CT molecular complexity index is 992. The standard InChI is InChI=1S/C23H20FNO5/c1-28-20-9-5-8-18(14-20)25-23(27)22(16-6-3-2-4-7-16)30-21(26)15-29-19-12-10-17(24)11-13-19/h2-14,22H,15H2,1H3,(H,25,27)/t22-/m0/s1. The Balaban J connectivity index is 1.69. The number of rotatable bonds is 8. The van der Waals surface area contributed by atoms with E-state index in [1.807, 2.05) is 0 Å². The molecule has 0 radical (unpaired) electrons. The summed E-state index contributed by atoms with van der Waals surface area (Å²) in [4.78, 5) is 25.2. The summed E-state index contributed by atoms with van der Waals surface area (Å²) in [6.07, 6.45) is -1.18. The normalized spacial score (nSPS) is 11.3. The molecule has 0 spiro atoms. The van der Waals surface area contributed by atoms with Crippen LogP contribution in [0.2, 0.25) is 0 Å². The van der Waals surface area contributed by atoms with Crippen LogP contribution in [-0.2, 0) is 14.3 Å². The highest BCUT2D eigenvalue weighted by molar-refractivity contribution is 5.96. The fraction of sp³-hybridized carbons (Fsp3) is 0.130. The Kier molecular flexibility index (Phi) is 7.00. The van der Waals surface area contributed by atoms with E-state index in [0.717, 1.165) is 0 Å². The minimum atomic E-state index is -1.18. The molecule has 0 aliphatic rings. The van der Waals surface area contributed by atoms with E-state index in [4.69, 9.17) is 14.2 Å². The summed E-state index contributed by atoms with van der Waals surface area (Å²) in [6.45, 7) is -0.429. The third kappa shape index (κ3) is 5.81. The number of ether oxygens (including phenoxy) is 3. The summed E-state index contributed by atoms with van der Waals surface area (Å²) in [5.74, 6) is -0.791. The molecule has 7 heteroatoms. The Morgan fingerprint density at radius 2 is 1.67 bits per heavy atom. The van der Waals surface area contributed by atoms with Gasteiger partial charge in [0.15, 0.2) is 6.61 Å². The largest absolute Gasteiger partial charge is 0.497 e. The molecule has 1 amide bonds. The van der Waals surface area contributed by atoms with E-state index in [-0.39, 0.29) is 0 Å². The van der Waals surface area contributed by atoms with E-state index in [1.165, 1.54) is 31.4 Å². The first-order valence-electron chi connectivity index (χ1n) is 9.13. The predicted octanol–water partition coefficient (Wildman–Crippen LogP) is 4.14. The highest BCUT2D eigenvalue weighted by Crippen LogP contribution is 2.22. The second-order valence-corrected chi connectivity index (χ2v) is 6.24. The lowest BCUT2D eigenvalue weighted by Crippen LogP contribution is -2.28. The zero-order chi connectivity index (χ0) is 21.3. The van der Waals surface area contributed by atoms with Gasteiger partial charge in [-0.25, -0.2) is 9.18 Å². The molecule has 0 saturated heterocycles. The molecule has 1 atom stereocenters. The van der Waals surface area contributed by atoms with Crippen molar-refractivity contribution in [3.05, 3.63) is 90.2 Å². The van der Waals surface area contributed by atoms with E-state index < -0.39 is 30.4 Å². The van der Waals surface area contributed by atoms with Crippen LogP contribution in [0.4, 0.5) is 10.1 Å². The fourth-order valence-electron chi connectivity index (χ4n) is 2.65. The van der Waals surface area contributed by atoms with Crippen LogP contribution in [0.5, 0.6) is 11.5 Å². The quantitative estimate of drug-likeness (QED) is 0.566. The Hall–Kier alpha value is -3.87. The molecule has 6 nitrogen and oxygen atoms in total. The maximum atomic E-state index is 13.0. The second kappa shape index (κ2) is 10.1. The molecule has 30 heavy (non-hydrogen) atoms. The van der Waals surface area contributed by atoms with E-state index in [2.05, 4.69) is 5.32 Å². The molecule has 3 aromatic rings. The fourth-order valence-corrected chi connectivity index (χ4v) is 2.65. The SMILES string of the molecule is COc1cccc(NC(=O)[C@@H](OC(=O)COc2ccc(F)cc2)c2ccccc2)c1. The van der Waals surface area contributed by atoms with Crippen molar-refractivity contribution in [2.75, 3.05) is 19.0 Å². The smallest absolute Gasteiger partial charge is 0.345 e. The molecule has 154 valence electrons. The van der Waals surface area contributed by atoms with Crippen molar-refractivity contribution >= 4 is 17.6 Å². The number of nitrogens with one attached hydrogen (secondary N) is 1. The van der Waals surface area contributed by atoms with Crippen LogP contribution in [0, 0.1) is 5.82 Å². The number of halogens is 1. The first-order valence-corrected chi connectivity index (χ1v) is 9.13. The average molecular weight is 409 g/mol. The van der Waals surface area contributed by atoms with Gasteiger partial charge in [-0.3, -0.25) is 4.79 Å². The maximum absolute atomic E-state index is 13.0. The van der Waals surface area contributed by atoms with Crippen molar-refractivity contribution in [2.24, 2.45) is 0 Å². The number of amides is 1. The van der Waals surface area contributed by atoms with Crippen LogP contribution < -0.4 is 14.8 Å². The van der Waals surface area contributed by atoms with Crippen molar-refractivity contribution in [3.8, 4) is 11.5 Å². The summed E-state index contributed by atoms with van der Waals surface area (Å²) in [5.41, 5.74) is 1.01. The third-order valence-electron chi connectivity index (χ3n) is 4.10. The summed E-state index contributed by atoms with van der Waals surface area (Å²) in [5, 5.41) is 2.72. The topological polar surface area (TPSA) is 73.9 Å². The molecule has 0 unspecified atom stereocenters. The third-order valence-corrected chi connectivity index (χ3v) is 4.10. The van der Waals surface area contributed by atoms with E-state index in [0.29, 0.717) is 22.7 Å². The monoisotopic (exact) mass is 409 g/mol. The number of anilines is 1. The van der Waals surface area contributed by atoms with E-state index >= 15 is 0 Å². The molecule has 1 N–H and O–H groups in total. The van der Waals surface area contributed by atoms with Crippen molar-refractivity contribution in [3.63, 3.8) is 0 Å². The van der Waals surface area contributed by atoms with Gasteiger partial charge in [-0.05, 0) is 36.4 Å².